The Morgan fingerprint density at radius 3 is 2.50 bits per heavy atom. The molecule has 0 aliphatic carbocycles. The van der Waals surface area contributed by atoms with Crippen molar-refractivity contribution in [2.75, 3.05) is 0 Å². The van der Waals surface area contributed by atoms with Gasteiger partial charge >= 0.3 is 0 Å². The summed E-state index contributed by atoms with van der Waals surface area (Å²) in [5.74, 6) is -0.830. The van der Waals surface area contributed by atoms with Crippen LogP contribution in [0, 0.1) is 15.2 Å². The molecule has 0 saturated heterocycles. The molecular formula is C23H14F2IN3O. The van der Waals surface area contributed by atoms with Crippen molar-refractivity contribution in [3.05, 3.63) is 104 Å². The normalized spacial score (nSPS) is 11.4. The molecule has 2 heterocycles. The molecule has 0 N–H and O–H groups in total. The van der Waals surface area contributed by atoms with Crippen molar-refractivity contribution in [3.8, 4) is 16.9 Å². The number of rotatable bonds is 3. The van der Waals surface area contributed by atoms with Crippen LogP contribution in [0.3, 0.4) is 0 Å². The molecule has 5 rings (SSSR count). The quantitative estimate of drug-likeness (QED) is 0.311. The number of halogens is 3. The maximum atomic E-state index is 14.5. The lowest BCUT2D eigenvalue weighted by Gasteiger charge is -2.14. The van der Waals surface area contributed by atoms with Crippen LogP contribution in [-0.2, 0) is 6.54 Å². The van der Waals surface area contributed by atoms with Crippen molar-refractivity contribution in [1.29, 1.82) is 0 Å². The zero-order valence-electron chi connectivity index (χ0n) is 15.5. The summed E-state index contributed by atoms with van der Waals surface area (Å²) in [5, 5.41) is 5.17. The van der Waals surface area contributed by atoms with Gasteiger partial charge in [-0.15, -0.1) is 0 Å². The third kappa shape index (κ3) is 3.09. The third-order valence-electron chi connectivity index (χ3n) is 5.07. The second-order valence-electron chi connectivity index (χ2n) is 6.94. The van der Waals surface area contributed by atoms with Gasteiger partial charge in [-0.3, -0.25) is 4.79 Å². The van der Waals surface area contributed by atoms with Crippen LogP contribution >= 0.6 is 22.6 Å². The summed E-state index contributed by atoms with van der Waals surface area (Å²) in [4.78, 5) is 13.1. The average Bonchev–Trinajstić information content (AvgIpc) is 3.07. The van der Waals surface area contributed by atoms with Crippen molar-refractivity contribution in [2.45, 2.75) is 6.54 Å². The Bertz CT molecular complexity index is 1440. The fourth-order valence-corrected chi connectivity index (χ4v) is 4.08. The summed E-state index contributed by atoms with van der Waals surface area (Å²) < 4.78 is 32.5. The van der Waals surface area contributed by atoms with Gasteiger partial charge in [0.1, 0.15) is 23.0 Å². The first kappa shape index (κ1) is 18.9. The van der Waals surface area contributed by atoms with Crippen LogP contribution in [0.4, 0.5) is 8.78 Å². The lowest BCUT2D eigenvalue weighted by Crippen LogP contribution is -2.16. The van der Waals surface area contributed by atoms with Crippen molar-refractivity contribution in [2.24, 2.45) is 0 Å². The molecule has 0 saturated carbocycles. The summed E-state index contributed by atoms with van der Waals surface area (Å²) in [6.07, 6.45) is 1.67. The summed E-state index contributed by atoms with van der Waals surface area (Å²) in [5.41, 5.74) is 1.83. The van der Waals surface area contributed by atoms with Crippen LogP contribution in [0.1, 0.15) is 5.56 Å². The average molecular weight is 513 g/mol. The van der Waals surface area contributed by atoms with E-state index in [1.165, 1.54) is 18.2 Å². The van der Waals surface area contributed by atoms with Gasteiger partial charge in [0.2, 0.25) is 0 Å². The molecule has 0 fully saturated rings. The number of hydrogen-bond acceptors (Lipinski definition) is 2. The van der Waals surface area contributed by atoms with Crippen LogP contribution in [0.2, 0.25) is 0 Å². The number of benzene rings is 3. The maximum Gasteiger partial charge on any atom is 0.282 e. The predicted octanol–water partition coefficient (Wildman–Crippen LogP) is 5.22. The van der Waals surface area contributed by atoms with Gasteiger partial charge in [-0.05, 0) is 52.9 Å². The van der Waals surface area contributed by atoms with Crippen molar-refractivity contribution >= 4 is 33.5 Å². The monoisotopic (exact) mass is 513 g/mol. The Balaban J connectivity index is 1.76. The Hall–Kier alpha value is -3.07. The van der Waals surface area contributed by atoms with Crippen LogP contribution in [-0.4, -0.2) is 14.3 Å². The van der Waals surface area contributed by atoms with Crippen LogP contribution in [0.15, 0.2) is 77.7 Å². The van der Waals surface area contributed by atoms with E-state index in [1.54, 1.807) is 24.4 Å². The Labute approximate surface area is 183 Å². The first-order valence-electron chi connectivity index (χ1n) is 9.22. The topological polar surface area (TPSA) is 39.8 Å². The highest BCUT2D eigenvalue weighted by atomic mass is 127. The zero-order chi connectivity index (χ0) is 20.8. The van der Waals surface area contributed by atoms with Gasteiger partial charge < -0.3 is 4.57 Å². The molecule has 0 aromatic heterocycles. The summed E-state index contributed by atoms with van der Waals surface area (Å²) in [6.45, 7) is 0.253. The Morgan fingerprint density at radius 2 is 1.70 bits per heavy atom. The molecule has 0 spiro atoms. The maximum absolute atomic E-state index is 14.5. The van der Waals surface area contributed by atoms with E-state index in [4.69, 9.17) is 0 Å². The molecule has 7 heteroatoms. The smallest absolute Gasteiger partial charge is 0.282 e. The van der Waals surface area contributed by atoms with E-state index in [-0.39, 0.29) is 18.0 Å². The van der Waals surface area contributed by atoms with E-state index in [0.29, 0.717) is 16.8 Å². The first-order valence-corrected chi connectivity index (χ1v) is 10.3. The molecule has 0 radical (unpaired) electrons. The molecule has 0 amide bonds. The van der Waals surface area contributed by atoms with Crippen LogP contribution in [0.25, 0.3) is 27.8 Å². The van der Waals surface area contributed by atoms with Crippen molar-refractivity contribution < 1.29 is 8.78 Å². The summed E-state index contributed by atoms with van der Waals surface area (Å²) in [6, 6.07) is 18.6. The number of nitrogens with zero attached hydrogens (tertiary/aromatic N) is 3. The van der Waals surface area contributed by atoms with Gasteiger partial charge in [0.05, 0.1) is 17.6 Å². The number of hydrogen-bond donors (Lipinski definition) is 0. The Kier molecular flexibility index (Phi) is 4.62. The highest BCUT2D eigenvalue weighted by molar-refractivity contribution is 14.1. The highest BCUT2D eigenvalue weighted by Gasteiger charge is 2.22. The van der Waals surface area contributed by atoms with Gasteiger partial charge in [-0.2, -0.15) is 9.78 Å². The first-order chi connectivity index (χ1) is 14.5. The van der Waals surface area contributed by atoms with Crippen molar-refractivity contribution in [3.63, 3.8) is 0 Å². The highest BCUT2D eigenvalue weighted by Crippen LogP contribution is 2.29. The minimum atomic E-state index is -0.527. The third-order valence-corrected chi connectivity index (χ3v) is 5.74. The van der Waals surface area contributed by atoms with Crippen LogP contribution in [0.5, 0.6) is 0 Å². The summed E-state index contributed by atoms with van der Waals surface area (Å²) in [7, 11) is 0. The van der Waals surface area contributed by atoms with E-state index in [0.717, 1.165) is 19.2 Å². The van der Waals surface area contributed by atoms with E-state index in [2.05, 4.69) is 27.7 Å². The van der Waals surface area contributed by atoms with Crippen molar-refractivity contribution in [1.82, 2.24) is 14.3 Å². The molecule has 0 atom stereocenters. The number of para-hydroxylation sites is 2. The minimum Gasteiger partial charge on any atom is -0.342 e. The minimum absolute atomic E-state index is 0.0954. The molecule has 3 aromatic rings. The molecule has 2 aliphatic rings. The molecule has 4 nitrogen and oxygen atoms in total. The lowest BCUT2D eigenvalue weighted by atomic mass is 10.1. The van der Waals surface area contributed by atoms with Gasteiger partial charge in [-0.25, -0.2) is 8.78 Å². The van der Waals surface area contributed by atoms with Crippen LogP contribution < -0.4 is 5.56 Å². The molecule has 148 valence electrons. The molecule has 30 heavy (non-hydrogen) atoms. The molecule has 3 aromatic carbocycles. The number of aromatic nitrogens is 3. The predicted molar refractivity (Wildman–Crippen MR) is 120 cm³/mol. The molecule has 2 aliphatic heterocycles. The van der Waals surface area contributed by atoms with Gasteiger partial charge in [-0.1, -0.05) is 36.4 Å². The fourth-order valence-electron chi connectivity index (χ4n) is 3.63. The van der Waals surface area contributed by atoms with Gasteiger partial charge in [0, 0.05) is 20.7 Å². The van der Waals surface area contributed by atoms with E-state index in [1.807, 2.05) is 34.9 Å². The van der Waals surface area contributed by atoms with Gasteiger partial charge in [0.15, 0.2) is 0 Å². The zero-order valence-corrected chi connectivity index (χ0v) is 17.7. The number of pyridine rings is 1. The van der Waals surface area contributed by atoms with Gasteiger partial charge in [0.25, 0.3) is 5.56 Å². The molecule has 0 bridgehead atoms. The summed E-state index contributed by atoms with van der Waals surface area (Å²) >= 11 is 2.06. The van der Waals surface area contributed by atoms with E-state index in [9.17, 15) is 13.6 Å². The molecule has 0 unspecified atom stereocenters. The van der Waals surface area contributed by atoms with E-state index >= 15 is 0 Å². The SMILES string of the molecule is O=c1c2cn(Cc3ccc(I)cc3F)c3ccccc3c-2nn1-c1ccccc1F. The lowest BCUT2D eigenvalue weighted by molar-refractivity contribution is 0.600. The van der Waals surface area contributed by atoms with E-state index < -0.39 is 11.4 Å². The second kappa shape index (κ2) is 7.32. The number of fused-ring (bicyclic) bond motifs is 3. The fraction of sp³-hybridized carbons (Fsp3) is 0.0435. The molecular weight excluding hydrogens is 499 g/mol. The standard InChI is InChI=1S/C23H14F2IN3O/c24-18-6-2-4-8-21(18)29-23(30)17-13-28(12-14-9-10-15(26)11-19(14)25)20-7-3-1-5-16(20)22(17)27-29/h1-11,13H,12H2. The largest absolute Gasteiger partial charge is 0.342 e. The second-order valence-corrected chi connectivity index (χ2v) is 8.19. The Morgan fingerprint density at radius 1 is 0.933 bits per heavy atom.